The second-order valence-electron chi connectivity index (χ2n) is 4.23. The van der Waals surface area contributed by atoms with E-state index in [0.717, 1.165) is 15.9 Å². The van der Waals surface area contributed by atoms with E-state index in [1.807, 2.05) is 18.2 Å². The molecular weight excluding hydrogens is 276 g/mol. The van der Waals surface area contributed by atoms with E-state index < -0.39 is 4.92 Å². The summed E-state index contributed by atoms with van der Waals surface area (Å²) in [5.41, 5.74) is 10.1. The van der Waals surface area contributed by atoms with Crippen LogP contribution in [0.2, 0.25) is 0 Å². The van der Waals surface area contributed by atoms with E-state index in [2.05, 4.69) is 10.3 Å². The zero-order chi connectivity index (χ0) is 14.1. The van der Waals surface area contributed by atoms with Gasteiger partial charge in [0, 0.05) is 29.2 Å². The second kappa shape index (κ2) is 4.78. The summed E-state index contributed by atoms with van der Waals surface area (Å²) in [6.07, 6.45) is 0. The topological polar surface area (TPSA) is 94.1 Å². The number of nitro benzene ring substituents is 1. The molecule has 1 aromatic heterocycles. The van der Waals surface area contributed by atoms with Gasteiger partial charge in [0.05, 0.1) is 20.7 Å². The first-order valence-electron chi connectivity index (χ1n) is 5.77. The van der Waals surface area contributed by atoms with Crippen LogP contribution in [0.15, 0.2) is 41.9 Å². The highest BCUT2D eigenvalue weighted by molar-refractivity contribution is 7.16. The Morgan fingerprint density at radius 3 is 2.85 bits per heavy atom. The number of aromatic nitrogens is 1. The van der Waals surface area contributed by atoms with Crippen LogP contribution < -0.4 is 11.1 Å². The first-order chi connectivity index (χ1) is 9.61. The fourth-order valence-corrected chi connectivity index (χ4v) is 2.63. The predicted octanol–water partition coefficient (Wildman–Crippen LogP) is 3.53. The number of thiazole rings is 1. The SMILES string of the molecule is Nc1cc(Nc2ccc3ncsc3c2)cc([N+](=O)[O-])c1. The molecule has 3 rings (SSSR count). The van der Waals surface area contributed by atoms with Gasteiger partial charge in [-0.25, -0.2) is 4.98 Å². The molecule has 0 saturated heterocycles. The van der Waals surface area contributed by atoms with E-state index in [4.69, 9.17) is 5.73 Å². The molecule has 0 amide bonds. The molecule has 3 N–H and O–H groups in total. The first-order valence-corrected chi connectivity index (χ1v) is 6.65. The van der Waals surface area contributed by atoms with Crippen LogP contribution in [-0.2, 0) is 0 Å². The Hall–Kier alpha value is -2.67. The summed E-state index contributed by atoms with van der Waals surface area (Å²) < 4.78 is 1.05. The van der Waals surface area contributed by atoms with Crippen LogP contribution in [0.1, 0.15) is 0 Å². The number of hydrogen-bond donors (Lipinski definition) is 2. The highest BCUT2D eigenvalue weighted by Crippen LogP contribution is 2.27. The molecule has 0 aliphatic carbocycles. The van der Waals surface area contributed by atoms with E-state index >= 15 is 0 Å². The van der Waals surface area contributed by atoms with Crippen LogP contribution in [0.3, 0.4) is 0 Å². The van der Waals surface area contributed by atoms with Crippen molar-refractivity contribution in [2.24, 2.45) is 0 Å². The van der Waals surface area contributed by atoms with Crippen molar-refractivity contribution in [3.63, 3.8) is 0 Å². The molecule has 0 spiro atoms. The number of hydrogen-bond acceptors (Lipinski definition) is 6. The molecule has 0 fully saturated rings. The zero-order valence-electron chi connectivity index (χ0n) is 10.2. The average Bonchev–Trinajstić information content (AvgIpc) is 2.85. The Morgan fingerprint density at radius 1 is 1.20 bits per heavy atom. The summed E-state index contributed by atoms with van der Waals surface area (Å²) in [6.45, 7) is 0. The number of anilines is 3. The largest absolute Gasteiger partial charge is 0.398 e. The van der Waals surface area contributed by atoms with Gasteiger partial charge in [-0.1, -0.05) is 0 Å². The van der Waals surface area contributed by atoms with Gasteiger partial charge < -0.3 is 11.1 Å². The minimum Gasteiger partial charge on any atom is -0.398 e. The lowest BCUT2D eigenvalue weighted by Crippen LogP contribution is -1.96. The molecule has 0 bridgehead atoms. The molecule has 1 heterocycles. The minimum atomic E-state index is -0.464. The molecule has 2 aromatic carbocycles. The van der Waals surface area contributed by atoms with Gasteiger partial charge in [-0.3, -0.25) is 10.1 Å². The molecule has 0 unspecified atom stereocenters. The third kappa shape index (κ3) is 2.39. The molecule has 6 nitrogen and oxygen atoms in total. The summed E-state index contributed by atoms with van der Waals surface area (Å²) >= 11 is 1.54. The standard InChI is InChI=1S/C13H10N4O2S/c14-8-3-10(5-11(4-8)17(18)19)16-9-1-2-12-13(6-9)20-7-15-12/h1-7,16H,14H2. The van der Waals surface area contributed by atoms with Crippen molar-refractivity contribution in [3.05, 3.63) is 52.0 Å². The van der Waals surface area contributed by atoms with E-state index in [0.29, 0.717) is 11.4 Å². The Morgan fingerprint density at radius 2 is 2.05 bits per heavy atom. The predicted molar refractivity (Wildman–Crippen MR) is 80.4 cm³/mol. The van der Waals surface area contributed by atoms with Gasteiger partial charge in [0.15, 0.2) is 0 Å². The highest BCUT2D eigenvalue weighted by Gasteiger charge is 2.09. The maximum absolute atomic E-state index is 10.8. The summed E-state index contributed by atoms with van der Waals surface area (Å²) in [5.74, 6) is 0. The van der Waals surface area contributed by atoms with Crippen molar-refractivity contribution < 1.29 is 4.92 Å². The van der Waals surface area contributed by atoms with E-state index in [9.17, 15) is 10.1 Å². The Labute approximate surface area is 118 Å². The van der Waals surface area contributed by atoms with Gasteiger partial charge in [0.1, 0.15) is 0 Å². The number of nitrogens with two attached hydrogens (primary N) is 1. The van der Waals surface area contributed by atoms with Crippen molar-refractivity contribution in [1.29, 1.82) is 0 Å². The summed E-state index contributed by atoms with van der Waals surface area (Å²) in [4.78, 5) is 14.5. The number of benzene rings is 2. The monoisotopic (exact) mass is 286 g/mol. The smallest absolute Gasteiger partial charge is 0.273 e. The van der Waals surface area contributed by atoms with Gasteiger partial charge in [-0.15, -0.1) is 11.3 Å². The molecule has 20 heavy (non-hydrogen) atoms. The van der Waals surface area contributed by atoms with Crippen LogP contribution in [-0.4, -0.2) is 9.91 Å². The fourth-order valence-electron chi connectivity index (χ4n) is 1.91. The number of rotatable bonds is 3. The first kappa shape index (κ1) is 12.4. The van der Waals surface area contributed by atoms with E-state index in [-0.39, 0.29) is 5.69 Å². The molecule has 0 aliphatic heterocycles. The maximum atomic E-state index is 10.8. The van der Waals surface area contributed by atoms with Crippen LogP contribution in [0.5, 0.6) is 0 Å². The van der Waals surface area contributed by atoms with Crippen LogP contribution in [0.25, 0.3) is 10.2 Å². The van der Waals surface area contributed by atoms with Crippen molar-refractivity contribution in [1.82, 2.24) is 4.98 Å². The molecule has 0 atom stereocenters. The fraction of sp³-hybridized carbons (Fsp3) is 0. The van der Waals surface area contributed by atoms with Crippen molar-refractivity contribution in [3.8, 4) is 0 Å². The molecule has 0 aliphatic rings. The van der Waals surface area contributed by atoms with Crippen molar-refractivity contribution >= 4 is 44.3 Å². The molecule has 0 saturated carbocycles. The summed E-state index contributed by atoms with van der Waals surface area (Å²) in [5, 5.41) is 13.9. The van der Waals surface area contributed by atoms with Crippen LogP contribution in [0, 0.1) is 10.1 Å². The van der Waals surface area contributed by atoms with E-state index in [1.54, 1.807) is 11.6 Å². The Balaban J connectivity index is 1.95. The second-order valence-corrected chi connectivity index (χ2v) is 5.12. The number of non-ortho nitro benzene ring substituents is 1. The number of nitrogen functional groups attached to an aromatic ring is 1. The molecule has 7 heteroatoms. The number of nitrogens with one attached hydrogen (secondary N) is 1. The number of fused-ring (bicyclic) bond motifs is 1. The third-order valence-electron chi connectivity index (χ3n) is 2.77. The van der Waals surface area contributed by atoms with Crippen LogP contribution in [0.4, 0.5) is 22.7 Å². The minimum absolute atomic E-state index is 0.0358. The van der Waals surface area contributed by atoms with Gasteiger partial charge in [0.25, 0.3) is 5.69 Å². The quantitative estimate of drug-likeness (QED) is 0.436. The lowest BCUT2D eigenvalue weighted by atomic mass is 10.2. The normalized spacial score (nSPS) is 10.6. The van der Waals surface area contributed by atoms with Crippen molar-refractivity contribution in [2.75, 3.05) is 11.1 Å². The molecule has 100 valence electrons. The van der Waals surface area contributed by atoms with Gasteiger partial charge in [0.2, 0.25) is 0 Å². The highest BCUT2D eigenvalue weighted by atomic mass is 32.1. The third-order valence-corrected chi connectivity index (χ3v) is 3.56. The molecular formula is C13H10N4O2S. The van der Waals surface area contributed by atoms with Gasteiger partial charge >= 0.3 is 0 Å². The lowest BCUT2D eigenvalue weighted by Gasteiger charge is -2.07. The average molecular weight is 286 g/mol. The van der Waals surface area contributed by atoms with Crippen LogP contribution >= 0.6 is 11.3 Å². The van der Waals surface area contributed by atoms with E-state index in [1.165, 1.54) is 23.5 Å². The summed E-state index contributed by atoms with van der Waals surface area (Å²) in [6, 6.07) is 10.2. The Kier molecular flexibility index (Phi) is 2.96. The Bertz CT molecular complexity index is 800. The zero-order valence-corrected chi connectivity index (χ0v) is 11.1. The lowest BCUT2D eigenvalue weighted by molar-refractivity contribution is -0.384. The molecule has 0 radical (unpaired) electrons. The summed E-state index contributed by atoms with van der Waals surface area (Å²) in [7, 11) is 0. The van der Waals surface area contributed by atoms with Gasteiger partial charge in [-0.2, -0.15) is 0 Å². The van der Waals surface area contributed by atoms with Crippen molar-refractivity contribution in [2.45, 2.75) is 0 Å². The number of nitro groups is 1. The maximum Gasteiger partial charge on any atom is 0.273 e. The molecule has 3 aromatic rings. The van der Waals surface area contributed by atoms with Gasteiger partial charge in [-0.05, 0) is 24.3 Å². The number of nitrogens with zero attached hydrogens (tertiary/aromatic N) is 2.